The van der Waals surface area contributed by atoms with Gasteiger partial charge in [-0.05, 0) is 80.1 Å². The van der Waals surface area contributed by atoms with E-state index in [1.54, 1.807) is 13.0 Å². The highest BCUT2D eigenvalue weighted by Gasteiger charge is 2.12. The van der Waals surface area contributed by atoms with Crippen molar-refractivity contribution in [2.75, 3.05) is 24.5 Å². The number of nitrogens with one attached hydrogen (secondary N) is 1. The number of amides is 1. The molecule has 31 heavy (non-hydrogen) atoms. The molecule has 1 aliphatic rings. The monoisotopic (exact) mass is 417 g/mol. The van der Waals surface area contributed by atoms with Crippen molar-refractivity contribution in [3.8, 4) is 6.07 Å². The SMILES string of the molecule is C/C=C(/CNC(=O)/C(C#N)=C/c1ccc2cc(N3CCCCC3)ccc2c1)C[C@@H](C)O. The van der Waals surface area contributed by atoms with Gasteiger partial charge in [0.05, 0.1) is 6.10 Å². The molecule has 1 saturated heterocycles. The number of hydrogen-bond donors (Lipinski definition) is 2. The predicted molar refractivity (Wildman–Crippen MR) is 127 cm³/mol. The molecule has 0 spiro atoms. The quantitative estimate of drug-likeness (QED) is 0.393. The fourth-order valence-electron chi connectivity index (χ4n) is 3.97. The molecule has 3 rings (SSSR count). The second-order valence-electron chi connectivity index (χ2n) is 8.19. The Morgan fingerprint density at radius 3 is 2.58 bits per heavy atom. The number of nitriles is 1. The number of nitrogens with zero attached hydrogens (tertiary/aromatic N) is 2. The second kappa shape index (κ2) is 10.8. The number of allylic oxidation sites excluding steroid dienone is 1. The summed E-state index contributed by atoms with van der Waals surface area (Å²) in [6, 6.07) is 14.5. The van der Waals surface area contributed by atoms with E-state index in [1.807, 2.05) is 37.3 Å². The van der Waals surface area contributed by atoms with Crippen LogP contribution in [-0.2, 0) is 4.79 Å². The van der Waals surface area contributed by atoms with Gasteiger partial charge in [0.2, 0.25) is 0 Å². The molecule has 1 heterocycles. The predicted octanol–water partition coefficient (Wildman–Crippen LogP) is 4.57. The summed E-state index contributed by atoms with van der Waals surface area (Å²) in [5.74, 6) is -0.409. The molecule has 1 aliphatic heterocycles. The molecule has 162 valence electrons. The third kappa shape index (κ3) is 6.19. The van der Waals surface area contributed by atoms with Crippen molar-refractivity contribution < 1.29 is 9.90 Å². The van der Waals surface area contributed by atoms with E-state index in [1.165, 1.54) is 24.9 Å². The Kier molecular flexibility index (Phi) is 7.86. The first-order chi connectivity index (χ1) is 15.0. The van der Waals surface area contributed by atoms with E-state index in [4.69, 9.17) is 0 Å². The molecule has 0 radical (unpaired) electrons. The summed E-state index contributed by atoms with van der Waals surface area (Å²) in [6.07, 6.45) is 7.33. The highest BCUT2D eigenvalue weighted by Crippen LogP contribution is 2.26. The molecule has 1 atom stereocenters. The third-order valence-electron chi connectivity index (χ3n) is 5.69. The Morgan fingerprint density at radius 2 is 1.90 bits per heavy atom. The molecule has 0 unspecified atom stereocenters. The van der Waals surface area contributed by atoms with Crippen molar-refractivity contribution >= 4 is 28.4 Å². The van der Waals surface area contributed by atoms with E-state index in [-0.39, 0.29) is 5.57 Å². The minimum atomic E-state index is -0.470. The van der Waals surface area contributed by atoms with Crippen LogP contribution in [0, 0.1) is 11.3 Å². The first-order valence-corrected chi connectivity index (χ1v) is 11.0. The number of benzene rings is 2. The number of fused-ring (bicyclic) bond motifs is 1. The largest absolute Gasteiger partial charge is 0.393 e. The topological polar surface area (TPSA) is 76.4 Å². The van der Waals surface area contributed by atoms with Crippen LogP contribution in [0.3, 0.4) is 0 Å². The van der Waals surface area contributed by atoms with Crippen LogP contribution >= 0.6 is 0 Å². The molecule has 0 aliphatic carbocycles. The number of rotatable bonds is 7. The molecule has 5 heteroatoms. The van der Waals surface area contributed by atoms with Crippen molar-refractivity contribution in [2.24, 2.45) is 0 Å². The van der Waals surface area contributed by atoms with Gasteiger partial charge in [0.15, 0.2) is 0 Å². The maximum atomic E-state index is 12.5. The van der Waals surface area contributed by atoms with Crippen LogP contribution in [0.4, 0.5) is 5.69 Å². The summed E-state index contributed by atoms with van der Waals surface area (Å²) >= 11 is 0. The number of hydrogen-bond acceptors (Lipinski definition) is 4. The first-order valence-electron chi connectivity index (χ1n) is 11.0. The molecule has 2 aromatic rings. The lowest BCUT2D eigenvalue weighted by atomic mass is 10.0. The van der Waals surface area contributed by atoms with Gasteiger partial charge < -0.3 is 15.3 Å². The van der Waals surface area contributed by atoms with Crippen molar-refractivity contribution in [2.45, 2.75) is 45.6 Å². The van der Waals surface area contributed by atoms with Gasteiger partial charge in [0.1, 0.15) is 11.6 Å². The summed E-state index contributed by atoms with van der Waals surface area (Å²) in [5.41, 5.74) is 3.07. The van der Waals surface area contributed by atoms with Crippen LogP contribution < -0.4 is 10.2 Å². The third-order valence-corrected chi connectivity index (χ3v) is 5.69. The molecular weight excluding hydrogens is 386 g/mol. The highest BCUT2D eigenvalue weighted by molar-refractivity contribution is 6.02. The maximum absolute atomic E-state index is 12.5. The lowest BCUT2D eigenvalue weighted by Gasteiger charge is -2.29. The van der Waals surface area contributed by atoms with Crippen LogP contribution in [-0.4, -0.2) is 36.8 Å². The van der Waals surface area contributed by atoms with Gasteiger partial charge in [-0.15, -0.1) is 0 Å². The molecule has 1 amide bonds. The molecule has 0 saturated carbocycles. The zero-order valence-electron chi connectivity index (χ0n) is 18.4. The highest BCUT2D eigenvalue weighted by atomic mass is 16.3. The van der Waals surface area contributed by atoms with Gasteiger partial charge in [0.25, 0.3) is 5.91 Å². The average Bonchev–Trinajstić information content (AvgIpc) is 2.79. The van der Waals surface area contributed by atoms with E-state index >= 15 is 0 Å². The van der Waals surface area contributed by atoms with Gasteiger partial charge in [-0.1, -0.05) is 29.8 Å². The number of carbonyl (C=O) groups is 1. The lowest BCUT2D eigenvalue weighted by Crippen LogP contribution is -2.29. The molecule has 5 nitrogen and oxygen atoms in total. The minimum absolute atomic E-state index is 0.0665. The Morgan fingerprint density at radius 1 is 1.19 bits per heavy atom. The summed E-state index contributed by atoms with van der Waals surface area (Å²) in [5, 5.41) is 24.0. The molecule has 0 aromatic heterocycles. The van der Waals surface area contributed by atoms with E-state index in [9.17, 15) is 15.2 Å². The fraction of sp³-hybridized carbons (Fsp3) is 0.385. The number of piperidine rings is 1. The van der Waals surface area contributed by atoms with Crippen molar-refractivity contribution in [1.29, 1.82) is 5.26 Å². The molecule has 0 bridgehead atoms. The summed E-state index contributed by atoms with van der Waals surface area (Å²) in [6.45, 7) is 6.12. The van der Waals surface area contributed by atoms with Crippen molar-refractivity contribution in [3.05, 3.63) is 59.2 Å². The van der Waals surface area contributed by atoms with E-state index in [2.05, 4.69) is 28.4 Å². The van der Waals surface area contributed by atoms with E-state index in [0.717, 1.165) is 35.0 Å². The van der Waals surface area contributed by atoms with Crippen molar-refractivity contribution in [1.82, 2.24) is 5.32 Å². The zero-order valence-corrected chi connectivity index (χ0v) is 18.4. The van der Waals surface area contributed by atoms with Crippen LogP contribution in [0.2, 0.25) is 0 Å². The van der Waals surface area contributed by atoms with Crippen LogP contribution in [0.25, 0.3) is 16.8 Å². The average molecular weight is 418 g/mol. The number of carbonyl (C=O) groups excluding carboxylic acids is 1. The van der Waals surface area contributed by atoms with Gasteiger partial charge >= 0.3 is 0 Å². The number of aliphatic hydroxyl groups is 1. The molecule has 1 fully saturated rings. The van der Waals surface area contributed by atoms with Gasteiger partial charge in [0, 0.05) is 25.3 Å². The van der Waals surface area contributed by atoms with Crippen LogP contribution in [0.15, 0.2) is 53.6 Å². The first kappa shape index (κ1) is 22.6. The molecular formula is C26H31N3O2. The molecule has 2 aromatic carbocycles. The fourth-order valence-corrected chi connectivity index (χ4v) is 3.97. The van der Waals surface area contributed by atoms with Crippen LogP contribution in [0.1, 0.15) is 45.1 Å². The Labute approximate surface area is 184 Å². The van der Waals surface area contributed by atoms with E-state index in [0.29, 0.717) is 13.0 Å². The standard InChI is InChI=1S/C26H31N3O2/c1-3-20(13-19(2)30)18-28-26(31)24(17-27)15-21-7-8-23-16-25(10-9-22(23)14-21)29-11-5-4-6-12-29/h3,7-10,14-16,19,30H,4-6,11-13,18H2,1-2H3,(H,28,31)/b20-3+,24-15+/t19-/m1/s1. The Bertz CT molecular complexity index is 1020. The number of aliphatic hydroxyl groups excluding tert-OH is 1. The van der Waals surface area contributed by atoms with Crippen molar-refractivity contribution in [3.63, 3.8) is 0 Å². The van der Waals surface area contributed by atoms with Crippen LogP contribution in [0.5, 0.6) is 0 Å². The van der Waals surface area contributed by atoms with Gasteiger partial charge in [-0.3, -0.25) is 4.79 Å². The number of anilines is 1. The zero-order chi connectivity index (χ0) is 22.2. The van der Waals surface area contributed by atoms with Gasteiger partial charge in [-0.2, -0.15) is 5.26 Å². The van der Waals surface area contributed by atoms with Gasteiger partial charge in [-0.25, -0.2) is 0 Å². The Balaban J connectivity index is 1.73. The summed E-state index contributed by atoms with van der Waals surface area (Å²) in [4.78, 5) is 14.9. The lowest BCUT2D eigenvalue weighted by molar-refractivity contribution is -0.116. The van der Waals surface area contributed by atoms with E-state index < -0.39 is 12.0 Å². The maximum Gasteiger partial charge on any atom is 0.262 e. The normalized spacial score (nSPS) is 16.1. The summed E-state index contributed by atoms with van der Waals surface area (Å²) < 4.78 is 0. The minimum Gasteiger partial charge on any atom is -0.393 e. The smallest absolute Gasteiger partial charge is 0.262 e. The second-order valence-corrected chi connectivity index (χ2v) is 8.19. The summed E-state index contributed by atoms with van der Waals surface area (Å²) in [7, 11) is 0. The Hall–Kier alpha value is -3.10. The molecule has 2 N–H and O–H groups in total.